The molecule has 0 aromatic carbocycles. The summed E-state index contributed by atoms with van der Waals surface area (Å²) in [5.74, 6) is 0.356. The highest BCUT2D eigenvalue weighted by Crippen LogP contribution is 2.12. The second kappa shape index (κ2) is 6.27. The average Bonchev–Trinajstić information content (AvgIpc) is 2.30. The molecule has 0 N–H and O–H groups in total. The van der Waals surface area contributed by atoms with Gasteiger partial charge in [-0.05, 0) is 19.4 Å². The molecule has 86 valence electrons. The van der Waals surface area contributed by atoms with Crippen LogP contribution in [0.2, 0.25) is 0 Å². The molecule has 0 saturated heterocycles. The van der Waals surface area contributed by atoms with Crippen LogP contribution in [0, 0.1) is 6.92 Å². The Morgan fingerprint density at radius 3 is 2.69 bits per heavy atom. The highest BCUT2D eigenvalue weighted by Gasteiger charge is 2.02. The highest BCUT2D eigenvalue weighted by molar-refractivity contribution is 7.99. The molecule has 0 fully saturated rings. The van der Waals surface area contributed by atoms with Gasteiger partial charge >= 0.3 is 5.97 Å². The first-order valence-corrected chi connectivity index (χ1v) is 5.78. The second-order valence-corrected chi connectivity index (χ2v) is 4.22. The van der Waals surface area contributed by atoms with Crippen LogP contribution in [0.3, 0.4) is 0 Å². The van der Waals surface area contributed by atoms with Crippen LogP contribution in [-0.4, -0.2) is 28.8 Å². The lowest BCUT2D eigenvalue weighted by molar-refractivity contribution is -0.136. The number of carbonyl (C=O) groups is 1. The normalized spacial score (nSPS) is 11.3. The van der Waals surface area contributed by atoms with Crippen molar-refractivity contribution in [3.05, 3.63) is 29.6 Å². The predicted molar refractivity (Wildman–Crippen MR) is 63.3 cm³/mol. The Balaban J connectivity index is 2.46. The van der Waals surface area contributed by atoms with E-state index in [2.05, 4.69) is 14.7 Å². The summed E-state index contributed by atoms with van der Waals surface area (Å²) >= 11 is 1.48. The van der Waals surface area contributed by atoms with E-state index in [0.29, 0.717) is 16.5 Å². The van der Waals surface area contributed by atoms with Crippen molar-refractivity contribution in [1.82, 2.24) is 9.97 Å². The Kier molecular flexibility index (Phi) is 4.98. The lowest BCUT2D eigenvalue weighted by Crippen LogP contribution is -2.01. The molecular weight excluding hydrogens is 224 g/mol. The van der Waals surface area contributed by atoms with Gasteiger partial charge in [-0.25, -0.2) is 14.8 Å². The molecule has 1 aromatic heterocycles. The van der Waals surface area contributed by atoms with Gasteiger partial charge in [-0.3, -0.25) is 0 Å². The first-order valence-electron chi connectivity index (χ1n) is 4.80. The second-order valence-electron chi connectivity index (χ2n) is 3.23. The lowest BCUT2D eigenvalue weighted by atomic mass is 10.3. The smallest absolute Gasteiger partial charge is 0.333 e. The average molecular weight is 238 g/mol. The fourth-order valence-corrected chi connectivity index (χ4v) is 1.68. The Morgan fingerprint density at radius 1 is 1.50 bits per heavy atom. The van der Waals surface area contributed by atoms with Crippen molar-refractivity contribution < 1.29 is 9.53 Å². The topological polar surface area (TPSA) is 52.1 Å². The van der Waals surface area contributed by atoms with Crippen LogP contribution >= 0.6 is 11.8 Å². The Labute approximate surface area is 99.1 Å². The number of thioether (sulfide) groups is 1. The maximum atomic E-state index is 11.1. The molecule has 0 spiro atoms. The van der Waals surface area contributed by atoms with E-state index >= 15 is 0 Å². The zero-order chi connectivity index (χ0) is 12.0. The van der Waals surface area contributed by atoms with Crippen molar-refractivity contribution >= 4 is 17.7 Å². The number of nitrogens with zero attached hydrogens (tertiary/aromatic N) is 2. The number of ether oxygens (including phenoxy) is 1. The van der Waals surface area contributed by atoms with Gasteiger partial charge in [0.15, 0.2) is 5.16 Å². The number of aromatic nitrogens is 2. The molecular formula is C11H14N2O2S. The number of carbonyl (C=O) groups excluding carboxylic acids is 1. The van der Waals surface area contributed by atoms with Crippen molar-refractivity contribution in [3.8, 4) is 0 Å². The van der Waals surface area contributed by atoms with E-state index < -0.39 is 0 Å². The van der Waals surface area contributed by atoms with Crippen molar-refractivity contribution in [1.29, 1.82) is 0 Å². The quantitative estimate of drug-likeness (QED) is 0.347. The number of methoxy groups -OCH3 is 1. The van der Waals surface area contributed by atoms with Gasteiger partial charge in [-0.15, -0.1) is 0 Å². The fourth-order valence-electron chi connectivity index (χ4n) is 0.941. The van der Waals surface area contributed by atoms with E-state index in [4.69, 9.17) is 0 Å². The minimum Gasteiger partial charge on any atom is -0.466 e. The third-order valence-corrected chi connectivity index (χ3v) is 2.67. The van der Waals surface area contributed by atoms with Crippen LogP contribution in [0.25, 0.3) is 0 Å². The van der Waals surface area contributed by atoms with Crippen LogP contribution in [0.15, 0.2) is 29.2 Å². The maximum Gasteiger partial charge on any atom is 0.333 e. The zero-order valence-corrected chi connectivity index (χ0v) is 10.4. The largest absolute Gasteiger partial charge is 0.466 e. The van der Waals surface area contributed by atoms with Gasteiger partial charge in [0, 0.05) is 23.7 Å². The van der Waals surface area contributed by atoms with Gasteiger partial charge in [0.25, 0.3) is 0 Å². The monoisotopic (exact) mass is 238 g/mol. The van der Waals surface area contributed by atoms with Gasteiger partial charge in [0.2, 0.25) is 0 Å². The Bertz CT molecular complexity index is 387. The molecule has 16 heavy (non-hydrogen) atoms. The van der Waals surface area contributed by atoms with Crippen molar-refractivity contribution in [3.63, 3.8) is 0 Å². The molecule has 1 aromatic rings. The molecule has 0 aliphatic rings. The van der Waals surface area contributed by atoms with Crippen molar-refractivity contribution in [2.75, 3.05) is 12.9 Å². The van der Waals surface area contributed by atoms with Gasteiger partial charge in [0.1, 0.15) is 0 Å². The van der Waals surface area contributed by atoms with E-state index in [1.165, 1.54) is 18.9 Å². The number of hydrogen-bond donors (Lipinski definition) is 0. The summed E-state index contributed by atoms with van der Waals surface area (Å²) < 4.78 is 4.58. The van der Waals surface area contributed by atoms with E-state index in [9.17, 15) is 4.79 Å². The van der Waals surface area contributed by atoms with Gasteiger partial charge < -0.3 is 4.74 Å². The first-order chi connectivity index (χ1) is 7.63. The third-order valence-electron chi connectivity index (χ3n) is 1.87. The highest BCUT2D eigenvalue weighted by atomic mass is 32.2. The van der Waals surface area contributed by atoms with Gasteiger partial charge in [-0.1, -0.05) is 17.8 Å². The maximum absolute atomic E-state index is 11.1. The standard InChI is InChI=1S/C11H14N2O2S/c1-8-6-12-11(13-7-8)16-5-4-9(2)10(14)15-3/h4,6-7H,5H2,1-3H3. The van der Waals surface area contributed by atoms with Crippen LogP contribution in [0.1, 0.15) is 12.5 Å². The zero-order valence-electron chi connectivity index (χ0n) is 9.56. The van der Waals surface area contributed by atoms with Crippen molar-refractivity contribution in [2.24, 2.45) is 0 Å². The van der Waals surface area contributed by atoms with E-state index in [1.54, 1.807) is 25.4 Å². The minimum atomic E-state index is -0.301. The number of hydrogen-bond acceptors (Lipinski definition) is 5. The summed E-state index contributed by atoms with van der Waals surface area (Å²) in [4.78, 5) is 19.4. The predicted octanol–water partition coefficient (Wildman–Crippen LogP) is 2.00. The molecule has 0 bridgehead atoms. The molecule has 0 saturated carbocycles. The first kappa shape index (κ1) is 12.7. The molecule has 0 amide bonds. The van der Waals surface area contributed by atoms with E-state index in [-0.39, 0.29) is 5.97 Å². The molecule has 0 atom stereocenters. The summed E-state index contributed by atoms with van der Waals surface area (Å²) in [5, 5.41) is 0.708. The minimum absolute atomic E-state index is 0.301. The summed E-state index contributed by atoms with van der Waals surface area (Å²) in [5.41, 5.74) is 1.63. The van der Waals surface area contributed by atoms with Gasteiger partial charge in [-0.2, -0.15) is 0 Å². The molecule has 1 heterocycles. The number of rotatable bonds is 4. The Hall–Kier alpha value is -1.36. The fraction of sp³-hybridized carbons (Fsp3) is 0.364. The van der Waals surface area contributed by atoms with Crippen LogP contribution in [0.5, 0.6) is 0 Å². The van der Waals surface area contributed by atoms with Gasteiger partial charge in [0.05, 0.1) is 7.11 Å². The van der Waals surface area contributed by atoms with E-state index in [0.717, 1.165) is 5.56 Å². The summed E-state index contributed by atoms with van der Waals surface area (Å²) in [6.07, 6.45) is 5.35. The van der Waals surface area contributed by atoms with Crippen molar-refractivity contribution in [2.45, 2.75) is 19.0 Å². The number of aryl methyl sites for hydroxylation is 1. The number of esters is 1. The van der Waals surface area contributed by atoms with E-state index in [1.807, 2.05) is 6.92 Å². The van der Waals surface area contributed by atoms with Crippen LogP contribution < -0.4 is 0 Å². The van der Waals surface area contributed by atoms with Crippen LogP contribution in [-0.2, 0) is 9.53 Å². The lowest BCUT2D eigenvalue weighted by Gasteiger charge is -1.99. The third kappa shape index (κ3) is 4.02. The summed E-state index contributed by atoms with van der Waals surface area (Å²) in [6, 6.07) is 0. The SMILES string of the molecule is COC(=O)C(C)=CCSc1ncc(C)cn1. The van der Waals surface area contributed by atoms with Crippen LogP contribution in [0.4, 0.5) is 0 Å². The molecule has 0 aliphatic carbocycles. The molecule has 4 nitrogen and oxygen atoms in total. The molecule has 0 radical (unpaired) electrons. The molecule has 0 aliphatic heterocycles. The molecule has 0 unspecified atom stereocenters. The molecule has 1 rings (SSSR count). The molecule has 5 heteroatoms. The summed E-state index contributed by atoms with van der Waals surface area (Å²) in [7, 11) is 1.37. The Morgan fingerprint density at radius 2 is 2.12 bits per heavy atom. The summed E-state index contributed by atoms with van der Waals surface area (Å²) in [6.45, 7) is 3.66.